The molecule has 0 fully saturated rings. The van der Waals surface area contributed by atoms with Gasteiger partial charge in [0.25, 0.3) is 5.56 Å². The first-order valence-corrected chi connectivity index (χ1v) is 5.97. The fourth-order valence-corrected chi connectivity index (χ4v) is 2.22. The van der Waals surface area contributed by atoms with Crippen LogP contribution in [0, 0.1) is 17.5 Å². The lowest BCUT2D eigenvalue weighted by Gasteiger charge is -2.10. The van der Waals surface area contributed by atoms with E-state index in [1.165, 1.54) is 18.3 Å². The van der Waals surface area contributed by atoms with E-state index in [1.807, 2.05) is 6.92 Å². The summed E-state index contributed by atoms with van der Waals surface area (Å²) in [7, 11) is 0. The number of aromatic nitrogens is 2. The van der Waals surface area contributed by atoms with Gasteiger partial charge >= 0.3 is 0 Å². The third-order valence-corrected chi connectivity index (χ3v) is 3.23. The van der Waals surface area contributed by atoms with Crippen LogP contribution in [0.5, 0.6) is 0 Å². The van der Waals surface area contributed by atoms with Gasteiger partial charge < -0.3 is 0 Å². The maximum Gasteiger partial charge on any atom is 0.251 e. The summed E-state index contributed by atoms with van der Waals surface area (Å²) in [5.74, 6) is -0.376. The van der Waals surface area contributed by atoms with Gasteiger partial charge in [-0.2, -0.15) is 0 Å². The van der Waals surface area contributed by atoms with Crippen LogP contribution < -0.4 is 5.56 Å². The van der Waals surface area contributed by atoms with Gasteiger partial charge in [0.1, 0.15) is 5.82 Å². The van der Waals surface area contributed by atoms with Crippen molar-refractivity contribution in [2.24, 2.45) is 0 Å². The second-order valence-corrected chi connectivity index (χ2v) is 4.77. The first-order valence-electron chi connectivity index (χ1n) is 4.77. The molecule has 1 N–H and O–H groups in total. The summed E-state index contributed by atoms with van der Waals surface area (Å²) < 4.78 is 15.7. The minimum atomic E-state index is -0.376. The smallest absolute Gasteiger partial charge is 0.251 e. The number of benzene rings is 1. The molecule has 0 bridgehead atoms. The molecule has 2 rings (SSSR count). The quantitative estimate of drug-likeness (QED) is 0.821. The van der Waals surface area contributed by atoms with Gasteiger partial charge in [-0.3, -0.25) is 14.3 Å². The van der Waals surface area contributed by atoms with Crippen molar-refractivity contribution in [2.45, 2.75) is 6.92 Å². The second kappa shape index (κ2) is 4.54. The molecule has 6 heteroatoms. The maximum absolute atomic E-state index is 13.5. The molecule has 0 aliphatic rings. The Balaban J connectivity index is 2.73. The van der Waals surface area contributed by atoms with Crippen molar-refractivity contribution in [1.29, 1.82) is 0 Å². The topological polar surface area (TPSA) is 37.8 Å². The standard InChI is InChI=1S/C11H8BrFN2OS/c1-6-4-7(12)8(13)5-9(6)15-3-2-10(16)14-11(15)17/h2-5H,1H3,(H,14,16,17). The Kier molecular flexibility index (Phi) is 3.26. The number of aryl methyl sites for hydroxylation is 1. The first-order chi connectivity index (χ1) is 7.99. The van der Waals surface area contributed by atoms with Crippen molar-refractivity contribution in [3.8, 4) is 5.69 Å². The van der Waals surface area contributed by atoms with Crippen molar-refractivity contribution in [3.05, 3.63) is 55.4 Å². The van der Waals surface area contributed by atoms with Gasteiger partial charge in [0.15, 0.2) is 4.77 Å². The van der Waals surface area contributed by atoms with Crippen LogP contribution in [0.4, 0.5) is 4.39 Å². The molecular formula is C11H8BrFN2OS. The fraction of sp³-hybridized carbons (Fsp3) is 0.0909. The van der Waals surface area contributed by atoms with Gasteiger partial charge in [-0.25, -0.2) is 4.39 Å². The van der Waals surface area contributed by atoms with E-state index in [0.29, 0.717) is 10.2 Å². The van der Waals surface area contributed by atoms with Crippen molar-refractivity contribution in [2.75, 3.05) is 0 Å². The number of rotatable bonds is 1. The second-order valence-electron chi connectivity index (χ2n) is 3.53. The molecule has 0 saturated carbocycles. The van der Waals surface area contributed by atoms with Crippen LogP contribution in [-0.2, 0) is 0 Å². The summed E-state index contributed by atoms with van der Waals surface area (Å²) >= 11 is 8.15. The number of H-pyrrole nitrogens is 1. The van der Waals surface area contributed by atoms with Crippen LogP contribution in [-0.4, -0.2) is 9.55 Å². The van der Waals surface area contributed by atoms with Gasteiger partial charge in [-0.05, 0) is 52.8 Å². The Bertz CT molecular complexity index is 693. The van der Waals surface area contributed by atoms with Crippen molar-refractivity contribution >= 4 is 28.1 Å². The number of nitrogens with zero attached hydrogens (tertiary/aromatic N) is 1. The summed E-state index contributed by atoms with van der Waals surface area (Å²) in [5, 5.41) is 0. The lowest BCUT2D eigenvalue weighted by molar-refractivity contribution is 0.619. The highest BCUT2D eigenvalue weighted by molar-refractivity contribution is 9.10. The number of hydrogen-bond donors (Lipinski definition) is 1. The van der Waals surface area contributed by atoms with E-state index in [9.17, 15) is 9.18 Å². The molecule has 17 heavy (non-hydrogen) atoms. The molecule has 3 nitrogen and oxygen atoms in total. The van der Waals surface area contributed by atoms with Crippen LogP contribution in [0.25, 0.3) is 5.69 Å². The minimum absolute atomic E-state index is 0.238. The molecular weight excluding hydrogens is 307 g/mol. The highest BCUT2D eigenvalue weighted by atomic mass is 79.9. The normalized spacial score (nSPS) is 10.5. The van der Waals surface area contributed by atoms with Crippen LogP contribution in [0.3, 0.4) is 0 Å². The zero-order valence-corrected chi connectivity index (χ0v) is 11.2. The predicted molar refractivity (Wildman–Crippen MR) is 69.6 cm³/mol. The number of nitrogens with one attached hydrogen (secondary N) is 1. The molecule has 1 aromatic carbocycles. The van der Waals surface area contributed by atoms with E-state index in [-0.39, 0.29) is 16.1 Å². The minimum Gasteiger partial charge on any atom is -0.299 e. The van der Waals surface area contributed by atoms with Gasteiger partial charge in [0, 0.05) is 12.3 Å². The zero-order valence-electron chi connectivity index (χ0n) is 8.83. The third kappa shape index (κ3) is 2.37. The molecule has 0 unspecified atom stereocenters. The van der Waals surface area contributed by atoms with E-state index < -0.39 is 0 Å². The van der Waals surface area contributed by atoms with E-state index in [0.717, 1.165) is 5.56 Å². The van der Waals surface area contributed by atoms with Gasteiger partial charge in [0.2, 0.25) is 0 Å². The molecule has 0 saturated heterocycles. The summed E-state index contributed by atoms with van der Waals surface area (Å²) in [6.45, 7) is 1.84. The molecule has 88 valence electrons. The van der Waals surface area contributed by atoms with E-state index in [4.69, 9.17) is 12.2 Å². The van der Waals surface area contributed by atoms with Gasteiger partial charge in [-0.15, -0.1) is 0 Å². The lowest BCUT2D eigenvalue weighted by Crippen LogP contribution is -2.10. The Labute approximate surface area is 110 Å². The molecule has 0 aliphatic heterocycles. The van der Waals surface area contributed by atoms with E-state index in [1.54, 1.807) is 10.6 Å². The molecule has 1 aromatic heterocycles. The highest BCUT2D eigenvalue weighted by Gasteiger charge is 2.07. The molecule has 0 aliphatic carbocycles. The molecule has 2 aromatic rings. The SMILES string of the molecule is Cc1cc(Br)c(F)cc1-n1ccc(=O)[nH]c1=S. The molecule has 0 amide bonds. The van der Waals surface area contributed by atoms with Crippen LogP contribution in [0.15, 0.2) is 33.7 Å². The van der Waals surface area contributed by atoms with Crippen LogP contribution >= 0.6 is 28.1 Å². The Hall–Kier alpha value is -1.27. The summed E-state index contributed by atoms with van der Waals surface area (Å²) in [6, 6.07) is 4.38. The monoisotopic (exact) mass is 314 g/mol. The van der Waals surface area contributed by atoms with E-state index >= 15 is 0 Å². The Morgan fingerprint density at radius 1 is 1.47 bits per heavy atom. The van der Waals surface area contributed by atoms with Gasteiger partial charge in [-0.1, -0.05) is 0 Å². The number of aromatic amines is 1. The highest BCUT2D eigenvalue weighted by Crippen LogP contribution is 2.22. The average molecular weight is 315 g/mol. The first kappa shape index (κ1) is 12.2. The number of hydrogen-bond acceptors (Lipinski definition) is 2. The summed E-state index contributed by atoms with van der Waals surface area (Å²) in [4.78, 5) is 13.5. The molecule has 0 radical (unpaired) electrons. The van der Waals surface area contributed by atoms with Gasteiger partial charge in [0.05, 0.1) is 10.2 Å². The fourth-order valence-electron chi connectivity index (χ4n) is 1.50. The lowest BCUT2D eigenvalue weighted by atomic mass is 10.2. The van der Waals surface area contributed by atoms with E-state index in [2.05, 4.69) is 20.9 Å². The summed E-state index contributed by atoms with van der Waals surface area (Å²) in [5.41, 5.74) is 1.18. The average Bonchev–Trinajstić information content (AvgIpc) is 2.24. The molecule has 1 heterocycles. The molecule has 0 spiro atoms. The van der Waals surface area contributed by atoms with Crippen molar-refractivity contribution in [3.63, 3.8) is 0 Å². The van der Waals surface area contributed by atoms with Crippen LogP contribution in [0.2, 0.25) is 0 Å². The Morgan fingerprint density at radius 3 is 2.82 bits per heavy atom. The van der Waals surface area contributed by atoms with Crippen LogP contribution in [0.1, 0.15) is 5.56 Å². The maximum atomic E-state index is 13.5. The van der Waals surface area contributed by atoms with Crippen molar-refractivity contribution in [1.82, 2.24) is 9.55 Å². The Morgan fingerprint density at radius 2 is 2.18 bits per heavy atom. The van der Waals surface area contributed by atoms with Crippen molar-refractivity contribution < 1.29 is 4.39 Å². The number of halogens is 2. The largest absolute Gasteiger partial charge is 0.299 e. The third-order valence-electron chi connectivity index (χ3n) is 2.32. The molecule has 0 atom stereocenters. The predicted octanol–water partition coefficient (Wildman–Crippen LogP) is 3.11. The zero-order chi connectivity index (χ0) is 12.6. The summed E-state index contributed by atoms with van der Waals surface area (Å²) in [6.07, 6.45) is 1.52.